The lowest BCUT2D eigenvalue weighted by atomic mass is 10.1. The zero-order valence-electron chi connectivity index (χ0n) is 11.5. The number of hydrogen-bond donors (Lipinski definition) is 2. The van der Waals surface area contributed by atoms with E-state index in [0.29, 0.717) is 17.9 Å². The average Bonchev–Trinajstić information content (AvgIpc) is 2.74. The summed E-state index contributed by atoms with van der Waals surface area (Å²) in [5.74, 6) is -1.14. The van der Waals surface area contributed by atoms with Gasteiger partial charge in [0.1, 0.15) is 0 Å². The van der Waals surface area contributed by atoms with Crippen molar-refractivity contribution in [3.8, 4) is 0 Å². The Hall–Kier alpha value is -2.37. The normalized spacial score (nSPS) is 18.2. The van der Waals surface area contributed by atoms with E-state index < -0.39 is 11.8 Å². The summed E-state index contributed by atoms with van der Waals surface area (Å²) in [5, 5.41) is 2.71. The molecule has 0 aliphatic carbocycles. The Bertz CT molecular complexity index is 583. The van der Waals surface area contributed by atoms with Gasteiger partial charge >= 0.3 is 0 Å². The number of primary amides is 1. The minimum atomic E-state index is -0.451. The number of carbonyl (C=O) groups is 3. The molecule has 1 atom stereocenters. The molecule has 0 radical (unpaired) electrons. The molecule has 20 heavy (non-hydrogen) atoms. The van der Waals surface area contributed by atoms with Gasteiger partial charge in [-0.05, 0) is 30.7 Å². The van der Waals surface area contributed by atoms with Crippen molar-refractivity contribution in [1.82, 2.24) is 0 Å². The zero-order valence-corrected chi connectivity index (χ0v) is 11.5. The van der Waals surface area contributed by atoms with Crippen LogP contribution in [0.4, 0.5) is 11.4 Å². The number of anilines is 2. The Kier molecular flexibility index (Phi) is 3.74. The first-order chi connectivity index (χ1) is 9.38. The minimum absolute atomic E-state index is 0.111. The molecule has 0 saturated carbocycles. The third-order valence-electron chi connectivity index (χ3n) is 3.36. The number of carbonyl (C=O) groups excluding carboxylic acids is 3. The van der Waals surface area contributed by atoms with E-state index >= 15 is 0 Å². The number of aryl methyl sites for hydroxylation is 1. The first-order valence-electron chi connectivity index (χ1n) is 6.36. The largest absolute Gasteiger partial charge is 0.369 e. The van der Waals surface area contributed by atoms with Crippen LogP contribution in [0.1, 0.15) is 18.9 Å². The molecule has 0 spiro atoms. The topological polar surface area (TPSA) is 92.5 Å². The van der Waals surface area contributed by atoms with E-state index in [9.17, 15) is 14.4 Å². The molecule has 3 amide bonds. The molecular formula is C14H17N3O3. The number of rotatable bonds is 3. The number of amides is 3. The van der Waals surface area contributed by atoms with Crippen molar-refractivity contribution in [3.05, 3.63) is 23.8 Å². The second kappa shape index (κ2) is 5.32. The van der Waals surface area contributed by atoms with Gasteiger partial charge < -0.3 is 16.0 Å². The SMILES string of the molecule is CC(=O)Nc1ccc(N2CC(C(N)=O)CC2=O)cc1C. The molecule has 1 fully saturated rings. The molecule has 106 valence electrons. The Labute approximate surface area is 116 Å². The summed E-state index contributed by atoms with van der Waals surface area (Å²) in [6.45, 7) is 3.60. The lowest BCUT2D eigenvalue weighted by Gasteiger charge is -2.18. The molecular weight excluding hydrogens is 258 g/mol. The first-order valence-corrected chi connectivity index (χ1v) is 6.36. The van der Waals surface area contributed by atoms with Gasteiger partial charge in [0.25, 0.3) is 0 Å². The van der Waals surface area contributed by atoms with Gasteiger partial charge in [-0.2, -0.15) is 0 Å². The number of benzene rings is 1. The van der Waals surface area contributed by atoms with Crippen LogP contribution in [0.5, 0.6) is 0 Å². The van der Waals surface area contributed by atoms with Crippen LogP contribution < -0.4 is 16.0 Å². The maximum absolute atomic E-state index is 11.9. The third kappa shape index (κ3) is 2.79. The fourth-order valence-corrected chi connectivity index (χ4v) is 2.29. The molecule has 6 heteroatoms. The standard InChI is InChI=1S/C14H17N3O3/c1-8-5-11(3-4-12(8)16-9(2)18)17-7-10(14(15)20)6-13(17)19/h3-5,10H,6-7H2,1-2H3,(H2,15,20)(H,16,18). The molecule has 1 unspecified atom stereocenters. The van der Waals surface area contributed by atoms with Crippen molar-refractivity contribution in [3.63, 3.8) is 0 Å². The van der Waals surface area contributed by atoms with Gasteiger partial charge in [-0.3, -0.25) is 14.4 Å². The van der Waals surface area contributed by atoms with Gasteiger partial charge in [0.05, 0.1) is 5.92 Å². The van der Waals surface area contributed by atoms with Crippen molar-refractivity contribution in [1.29, 1.82) is 0 Å². The molecule has 2 rings (SSSR count). The van der Waals surface area contributed by atoms with Gasteiger partial charge in [-0.1, -0.05) is 0 Å². The van der Waals surface area contributed by atoms with Gasteiger partial charge in [0, 0.05) is 31.3 Å². The zero-order chi connectivity index (χ0) is 14.9. The predicted molar refractivity (Wildman–Crippen MR) is 75.1 cm³/mol. The quantitative estimate of drug-likeness (QED) is 0.854. The van der Waals surface area contributed by atoms with Crippen molar-refractivity contribution in [2.45, 2.75) is 20.3 Å². The van der Waals surface area contributed by atoms with Crippen LogP contribution in [0.25, 0.3) is 0 Å². The highest BCUT2D eigenvalue weighted by Crippen LogP contribution is 2.28. The summed E-state index contributed by atoms with van der Waals surface area (Å²) in [5.41, 5.74) is 7.52. The highest BCUT2D eigenvalue weighted by Gasteiger charge is 2.33. The molecule has 3 N–H and O–H groups in total. The van der Waals surface area contributed by atoms with E-state index in [0.717, 1.165) is 5.56 Å². The highest BCUT2D eigenvalue weighted by atomic mass is 16.2. The fourth-order valence-electron chi connectivity index (χ4n) is 2.29. The van der Waals surface area contributed by atoms with Gasteiger partial charge in [-0.25, -0.2) is 0 Å². The molecule has 0 aromatic heterocycles. The smallest absolute Gasteiger partial charge is 0.227 e. The van der Waals surface area contributed by atoms with Crippen LogP contribution in [0.3, 0.4) is 0 Å². The summed E-state index contributed by atoms with van der Waals surface area (Å²) in [7, 11) is 0. The summed E-state index contributed by atoms with van der Waals surface area (Å²) < 4.78 is 0. The van der Waals surface area contributed by atoms with Gasteiger partial charge in [-0.15, -0.1) is 0 Å². The Morgan fingerprint density at radius 2 is 2.10 bits per heavy atom. The van der Waals surface area contributed by atoms with E-state index in [1.165, 1.54) is 6.92 Å². The molecule has 6 nitrogen and oxygen atoms in total. The van der Waals surface area contributed by atoms with Crippen LogP contribution in [-0.4, -0.2) is 24.3 Å². The number of nitrogens with zero attached hydrogens (tertiary/aromatic N) is 1. The third-order valence-corrected chi connectivity index (χ3v) is 3.36. The van der Waals surface area contributed by atoms with E-state index in [-0.39, 0.29) is 18.2 Å². The van der Waals surface area contributed by atoms with Crippen molar-refractivity contribution in [2.24, 2.45) is 11.7 Å². The van der Waals surface area contributed by atoms with Crippen LogP contribution >= 0.6 is 0 Å². The number of nitrogens with two attached hydrogens (primary N) is 1. The molecule has 0 bridgehead atoms. The van der Waals surface area contributed by atoms with Crippen LogP contribution in [0.15, 0.2) is 18.2 Å². The Morgan fingerprint density at radius 3 is 2.60 bits per heavy atom. The lowest BCUT2D eigenvalue weighted by Crippen LogP contribution is -2.28. The van der Waals surface area contributed by atoms with Crippen LogP contribution in [-0.2, 0) is 14.4 Å². The second-order valence-electron chi connectivity index (χ2n) is 4.99. The van der Waals surface area contributed by atoms with Gasteiger partial charge in [0.2, 0.25) is 17.7 Å². The lowest BCUT2D eigenvalue weighted by molar-refractivity contribution is -0.123. The monoisotopic (exact) mass is 275 g/mol. The Balaban J connectivity index is 2.22. The van der Waals surface area contributed by atoms with E-state index in [1.54, 1.807) is 17.0 Å². The van der Waals surface area contributed by atoms with E-state index in [4.69, 9.17) is 5.73 Å². The summed E-state index contributed by atoms with van der Waals surface area (Å²) in [6.07, 6.45) is 0.155. The van der Waals surface area contributed by atoms with Crippen LogP contribution in [0.2, 0.25) is 0 Å². The van der Waals surface area contributed by atoms with E-state index in [2.05, 4.69) is 5.32 Å². The maximum Gasteiger partial charge on any atom is 0.227 e. The molecule has 1 aliphatic heterocycles. The Morgan fingerprint density at radius 1 is 1.40 bits per heavy atom. The maximum atomic E-state index is 11.9. The van der Waals surface area contributed by atoms with Crippen molar-refractivity contribution < 1.29 is 14.4 Å². The molecule has 1 aliphatic rings. The van der Waals surface area contributed by atoms with Crippen LogP contribution in [0, 0.1) is 12.8 Å². The molecule has 1 heterocycles. The second-order valence-corrected chi connectivity index (χ2v) is 4.99. The highest BCUT2D eigenvalue weighted by molar-refractivity contribution is 6.00. The summed E-state index contributed by atoms with van der Waals surface area (Å²) in [6, 6.07) is 5.31. The minimum Gasteiger partial charge on any atom is -0.369 e. The predicted octanol–water partition coefficient (Wildman–Crippen LogP) is 0.792. The summed E-state index contributed by atoms with van der Waals surface area (Å²) >= 11 is 0. The van der Waals surface area contributed by atoms with E-state index in [1.807, 2.05) is 13.0 Å². The van der Waals surface area contributed by atoms with Crippen molar-refractivity contribution >= 4 is 29.1 Å². The molecule has 1 aromatic rings. The fraction of sp³-hybridized carbons (Fsp3) is 0.357. The van der Waals surface area contributed by atoms with Crippen molar-refractivity contribution in [2.75, 3.05) is 16.8 Å². The molecule has 1 saturated heterocycles. The summed E-state index contributed by atoms with van der Waals surface area (Å²) in [4.78, 5) is 35.7. The average molecular weight is 275 g/mol. The number of nitrogens with one attached hydrogen (secondary N) is 1. The first kappa shape index (κ1) is 14.0. The number of hydrogen-bond acceptors (Lipinski definition) is 3. The van der Waals surface area contributed by atoms with Gasteiger partial charge in [0.15, 0.2) is 0 Å². The molecule has 1 aromatic carbocycles.